The maximum atomic E-state index is 12.8. The van der Waals surface area contributed by atoms with E-state index in [1.54, 1.807) is 37.6 Å². The van der Waals surface area contributed by atoms with Crippen LogP contribution in [-0.4, -0.2) is 29.9 Å². The van der Waals surface area contributed by atoms with E-state index in [1.165, 1.54) is 11.3 Å². The maximum absolute atomic E-state index is 12.8. The summed E-state index contributed by atoms with van der Waals surface area (Å²) in [5.41, 5.74) is 2.71. The van der Waals surface area contributed by atoms with Crippen LogP contribution in [0.15, 0.2) is 48.7 Å². The smallest absolute Gasteiger partial charge is 0.267 e. The normalized spacial score (nSPS) is 12.1. The molecule has 0 fully saturated rings. The number of thiazole rings is 1. The van der Waals surface area contributed by atoms with Crippen LogP contribution >= 0.6 is 11.3 Å². The van der Waals surface area contributed by atoms with Crippen molar-refractivity contribution >= 4 is 39.7 Å². The van der Waals surface area contributed by atoms with Gasteiger partial charge >= 0.3 is 0 Å². The summed E-state index contributed by atoms with van der Waals surface area (Å²) < 4.78 is 5.41. The second-order valence-corrected chi connectivity index (χ2v) is 10.2. The lowest BCUT2D eigenvalue weighted by atomic mass is 9.87. The standard InChI is InChI=1S/C26H32N4O3S/c1-7-16(2)28-25-27-15-22(34-25)24(32)29-19-11-8-17(9-12-19)23(31)30-20-14-18(26(3,4)5)10-13-21(20)33-6/h8-16H,7H2,1-6H3,(H,27,28)(H,29,32)(H,30,31)/t16-/m1/s1. The van der Waals surface area contributed by atoms with Gasteiger partial charge in [-0.1, -0.05) is 45.1 Å². The predicted octanol–water partition coefficient (Wildman–Crippen LogP) is 6.16. The number of nitrogens with zero attached hydrogens (tertiary/aromatic N) is 1. The number of carbonyl (C=O) groups excluding carboxylic acids is 2. The Morgan fingerprint density at radius 2 is 1.76 bits per heavy atom. The molecule has 0 bridgehead atoms. The van der Waals surface area contributed by atoms with Gasteiger partial charge in [0.25, 0.3) is 11.8 Å². The number of benzene rings is 2. The Kier molecular flexibility index (Phi) is 7.94. The monoisotopic (exact) mass is 480 g/mol. The van der Waals surface area contributed by atoms with Crippen LogP contribution < -0.4 is 20.7 Å². The zero-order chi connectivity index (χ0) is 24.9. The van der Waals surface area contributed by atoms with Gasteiger partial charge in [-0.2, -0.15) is 0 Å². The van der Waals surface area contributed by atoms with Crippen LogP contribution in [0, 0.1) is 0 Å². The minimum atomic E-state index is -0.259. The molecule has 0 spiro atoms. The fourth-order valence-corrected chi connectivity index (χ4v) is 3.95. The molecule has 0 radical (unpaired) electrons. The van der Waals surface area contributed by atoms with E-state index in [4.69, 9.17) is 4.74 Å². The number of carbonyl (C=O) groups is 2. The van der Waals surface area contributed by atoms with Crippen molar-refractivity contribution in [1.82, 2.24) is 4.98 Å². The summed E-state index contributed by atoms with van der Waals surface area (Å²) in [6.45, 7) is 10.5. The SMILES string of the molecule is CC[C@@H](C)Nc1ncc(C(=O)Nc2ccc(C(=O)Nc3cc(C(C)(C)C)ccc3OC)cc2)s1. The summed E-state index contributed by atoms with van der Waals surface area (Å²) in [6.07, 6.45) is 2.53. The van der Waals surface area contributed by atoms with Gasteiger partial charge in [-0.05, 0) is 60.7 Å². The molecule has 0 aliphatic heterocycles. The molecule has 0 saturated heterocycles. The highest BCUT2D eigenvalue weighted by atomic mass is 32.1. The molecule has 3 rings (SSSR count). The first kappa shape index (κ1) is 25.2. The minimum Gasteiger partial charge on any atom is -0.495 e. The molecule has 1 atom stereocenters. The number of rotatable bonds is 8. The maximum Gasteiger partial charge on any atom is 0.267 e. The summed E-state index contributed by atoms with van der Waals surface area (Å²) in [7, 11) is 1.58. The highest BCUT2D eigenvalue weighted by molar-refractivity contribution is 7.17. The molecule has 1 heterocycles. The van der Waals surface area contributed by atoms with E-state index >= 15 is 0 Å². The van der Waals surface area contributed by atoms with Gasteiger partial charge < -0.3 is 20.7 Å². The van der Waals surface area contributed by atoms with Gasteiger partial charge in [0.2, 0.25) is 0 Å². The van der Waals surface area contributed by atoms with E-state index in [0.717, 1.165) is 17.1 Å². The van der Waals surface area contributed by atoms with E-state index in [0.29, 0.717) is 27.6 Å². The van der Waals surface area contributed by atoms with Crippen LogP contribution in [0.25, 0.3) is 0 Å². The van der Waals surface area contributed by atoms with Gasteiger partial charge in [-0.15, -0.1) is 0 Å². The number of nitrogens with one attached hydrogen (secondary N) is 3. The number of ether oxygens (including phenoxy) is 1. The van der Waals surface area contributed by atoms with Crippen molar-refractivity contribution in [2.75, 3.05) is 23.1 Å². The second kappa shape index (κ2) is 10.7. The van der Waals surface area contributed by atoms with Gasteiger partial charge in [-0.25, -0.2) is 4.98 Å². The molecule has 0 unspecified atom stereocenters. The molecule has 0 aliphatic rings. The van der Waals surface area contributed by atoms with Gasteiger partial charge in [0, 0.05) is 17.3 Å². The molecular weight excluding hydrogens is 448 g/mol. The fraction of sp³-hybridized carbons (Fsp3) is 0.346. The van der Waals surface area contributed by atoms with Crippen LogP contribution in [0.1, 0.15) is 66.6 Å². The van der Waals surface area contributed by atoms with E-state index in [1.807, 2.05) is 18.2 Å². The van der Waals surface area contributed by atoms with Crippen molar-refractivity contribution in [3.05, 3.63) is 64.7 Å². The molecule has 3 N–H and O–H groups in total. The zero-order valence-corrected chi connectivity index (χ0v) is 21.3. The highest BCUT2D eigenvalue weighted by Crippen LogP contribution is 2.32. The molecule has 180 valence electrons. The van der Waals surface area contributed by atoms with Gasteiger partial charge in [0.15, 0.2) is 5.13 Å². The molecule has 8 heteroatoms. The van der Waals surface area contributed by atoms with Crippen molar-refractivity contribution < 1.29 is 14.3 Å². The Balaban J connectivity index is 1.67. The molecule has 2 amide bonds. The van der Waals surface area contributed by atoms with Crippen LogP contribution in [-0.2, 0) is 5.41 Å². The number of hydrogen-bond acceptors (Lipinski definition) is 6. The van der Waals surface area contributed by atoms with Gasteiger partial charge in [-0.3, -0.25) is 9.59 Å². The topological polar surface area (TPSA) is 92.4 Å². The summed E-state index contributed by atoms with van der Waals surface area (Å²) >= 11 is 1.31. The molecule has 7 nitrogen and oxygen atoms in total. The first-order chi connectivity index (χ1) is 16.1. The summed E-state index contributed by atoms with van der Waals surface area (Å²) in [4.78, 5) is 30.2. The molecule has 2 aromatic carbocycles. The predicted molar refractivity (Wildman–Crippen MR) is 140 cm³/mol. The first-order valence-corrected chi connectivity index (χ1v) is 12.1. The molecular formula is C26H32N4O3S. The summed E-state index contributed by atoms with van der Waals surface area (Å²) in [6, 6.07) is 12.8. The van der Waals surface area contributed by atoms with E-state index in [2.05, 4.69) is 55.6 Å². The second-order valence-electron chi connectivity index (χ2n) is 9.13. The first-order valence-electron chi connectivity index (χ1n) is 11.2. The van der Waals surface area contributed by atoms with Crippen molar-refractivity contribution in [3.63, 3.8) is 0 Å². The zero-order valence-electron chi connectivity index (χ0n) is 20.5. The van der Waals surface area contributed by atoms with Crippen molar-refractivity contribution in [3.8, 4) is 5.75 Å². The lowest BCUT2D eigenvalue weighted by Gasteiger charge is -2.21. The molecule has 1 aromatic heterocycles. The minimum absolute atomic E-state index is 0.0608. The fourth-order valence-electron chi connectivity index (χ4n) is 3.12. The van der Waals surface area contributed by atoms with Crippen LogP contribution in [0.3, 0.4) is 0 Å². The van der Waals surface area contributed by atoms with E-state index in [-0.39, 0.29) is 23.3 Å². The third-order valence-electron chi connectivity index (χ3n) is 5.43. The quantitative estimate of drug-likeness (QED) is 0.359. The lowest BCUT2D eigenvalue weighted by molar-refractivity contribution is 0.102. The highest BCUT2D eigenvalue weighted by Gasteiger charge is 2.18. The number of hydrogen-bond donors (Lipinski definition) is 3. The van der Waals surface area contributed by atoms with Crippen molar-refractivity contribution in [2.24, 2.45) is 0 Å². The number of aromatic nitrogens is 1. The molecule has 3 aromatic rings. The Hall–Kier alpha value is -3.39. The largest absolute Gasteiger partial charge is 0.495 e. The molecule has 34 heavy (non-hydrogen) atoms. The van der Waals surface area contributed by atoms with Crippen LogP contribution in [0.5, 0.6) is 5.75 Å². The summed E-state index contributed by atoms with van der Waals surface area (Å²) in [5.74, 6) is 0.0954. The Bertz CT molecular complexity index is 1150. The third-order valence-corrected chi connectivity index (χ3v) is 6.36. The average Bonchev–Trinajstić information content (AvgIpc) is 3.27. The molecule has 0 saturated carbocycles. The lowest BCUT2D eigenvalue weighted by Crippen LogP contribution is -2.16. The number of methoxy groups -OCH3 is 1. The number of anilines is 3. The van der Waals surface area contributed by atoms with Crippen LogP contribution in [0.4, 0.5) is 16.5 Å². The third kappa shape index (κ3) is 6.35. The molecule has 0 aliphatic carbocycles. The Morgan fingerprint density at radius 3 is 2.38 bits per heavy atom. The van der Waals surface area contributed by atoms with Gasteiger partial charge in [0.1, 0.15) is 10.6 Å². The van der Waals surface area contributed by atoms with Crippen LogP contribution in [0.2, 0.25) is 0 Å². The van der Waals surface area contributed by atoms with E-state index in [9.17, 15) is 9.59 Å². The van der Waals surface area contributed by atoms with Gasteiger partial charge in [0.05, 0.1) is 19.0 Å². The summed E-state index contributed by atoms with van der Waals surface area (Å²) in [5, 5.41) is 9.77. The average molecular weight is 481 g/mol. The van der Waals surface area contributed by atoms with Crippen molar-refractivity contribution in [2.45, 2.75) is 52.5 Å². The number of amides is 2. The van der Waals surface area contributed by atoms with E-state index < -0.39 is 0 Å². The Labute approximate surface area is 205 Å². The van der Waals surface area contributed by atoms with Crippen molar-refractivity contribution in [1.29, 1.82) is 0 Å². The Morgan fingerprint density at radius 1 is 1.06 bits per heavy atom.